The molecule has 5 rings (SSSR count). The predicted molar refractivity (Wildman–Crippen MR) is 137 cm³/mol. The molecule has 0 spiro atoms. The number of hydrogen-bond acceptors (Lipinski definition) is 5. The minimum Gasteiger partial charge on any atom is -0.508 e. The number of rotatable bonds is 5. The van der Waals surface area contributed by atoms with Crippen molar-refractivity contribution in [1.29, 1.82) is 0 Å². The Kier molecular flexibility index (Phi) is 6.25. The van der Waals surface area contributed by atoms with Crippen molar-refractivity contribution in [3.63, 3.8) is 0 Å². The zero-order valence-electron chi connectivity index (χ0n) is 17.4. The van der Waals surface area contributed by atoms with E-state index in [0.717, 1.165) is 37.1 Å². The normalized spacial score (nSPS) is 11.2. The van der Waals surface area contributed by atoms with Crippen LogP contribution in [0.2, 0.25) is 10.0 Å². The Bertz CT molecular complexity index is 1470. The third-order valence-electron chi connectivity index (χ3n) is 5.01. The smallest absolute Gasteiger partial charge is 0.195 e. The molecular formula is C25H17Cl2N3OS2. The number of phenols is 1. The van der Waals surface area contributed by atoms with E-state index in [1.165, 1.54) is 11.8 Å². The number of halogens is 2. The molecule has 3 aromatic carbocycles. The molecule has 4 nitrogen and oxygen atoms in total. The molecule has 1 N–H and O–H groups in total. The summed E-state index contributed by atoms with van der Waals surface area (Å²) >= 11 is 15.4. The summed E-state index contributed by atoms with van der Waals surface area (Å²) in [6.07, 6.45) is 0. The fourth-order valence-electron chi connectivity index (χ4n) is 3.46. The molecule has 0 radical (unpaired) electrons. The molecule has 8 heteroatoms. The number of aromatic hydroxyl groups is 1. The molecule has 33 heavy (non-hydrogen) atoms. The Hall–Kier alpha value is -2.64. The number of phenolic OH excluding ortho intramolecular Hbond substituents is 1. The number of aromatic nitrogens is 3. The maximum Gasteiger partial charge on any atom is 0.195 e. The number of hydrogen-bond donors (Lipinski definition) is 1. The Labute approximate surface area is 209 Å². The Morgan fingerprint density at radius 3 is 2.06 bits per heavy atom. The van der Waals surface area contributed by atoms with Crippen LogP contribution in [0.15, 0.2) is 98.8 Å². The molecule has 0 saturated carbocycles. The summed E-state index contributed by atoms with van der Waals surface area (Å²) in [4.78, 5) is 11.7. The van der Waals surface area contributed by atoms with E-state index in [0.29, 0.717) is 15.2 Å². The third kappa shape index (κ3) is 4.84. The second-order valence-corrected chi connectivity index (χ2v) is 10.3. The summed E-state index contributed by atoms with van der Waals surface area (Å²) in [5.41, 5.74) is 2.79. The lowest BCUT2D eigenvalue weighted by Crippen LogP contribution is -1.97. The molecule has 5 aromatic rings. The summed E-state index contributed by atoms with van der Waals surface area (Å²) in [5.74, 6) is 0.231. The lowest BCUT2D eigenvalue weighted by Gasteiger charge is -2.08. The van der Waals surface area contributed by atoms with Crippen molar-refractivity contribution in [2.75, 3.05) is 0 Å². The number of nitrogens with zero attached hydrogens (tertiary/aromatic N) is 3. The van der Waals surface area contributed by atoms with Crippen LogP contribution in [-0.2, 0) is 7.05 Å². The van der Waals surface area contributed by atoms with E-state index in [-0.39, 0.29) is 5.75 Å². The topological polar surface area (TPSA) is 50.9 Å². The van der Waals surface area contributed by atoms with Crippen LogP contribution in [0, 0.1) is 0 Å². The van der Waals surface area contributed by atoms with Crippen molar-refractivity contribution in [2.45, 2.75) is 20.0 Å². The molecule has 0 amide bonds. The number of fused-ring (bicyclic) bond motifs is 1. The molecule has 0 aliphatic carbocycles. The van der Waals surface area contributed by atoms with Crippen LogP contribution in [0.25, 0.3) is 22.3 Å². The predicted octanol–water partition coefficient (Wildman–Crippen LogP) is 7.95. The highest BCUT2D eigenvalue weighted by Crippen LogP contribution is 2.38. The highest BCUT2D eigenvalue weighted by atomic mass is 35.5. The van der Waals surface area contributed by atoms with Gasteiger partial charge in [-0.05, 0) is 84.1 Å². The van der Waals surface area contributed by atoms with Gasteiger partial charge in [0.1, 0.15) is 16.4 Å². The van der Waals surface area contributed by atoms with Crippen molar-refractivity contribution in [1.82, 2.24) is 14.5 Å². The van der Waals surface area contributed by atoms with E-state index in [9.17, 15) is 5.11 Å². The second kappa shape index (κ2) is 9.31. The van der Waals surface area contributed by atoms with E-state index >= 15 is 0 Å². The standard InChI is InChI=1S/C25H17Cl2N3OS2/c1-30-22(15-8-10-18(31)11-9-15)14-21-23(30)28-25(33-20-7-3-5-17(27)13-20)29-24(21)32-19-6-2-4-16(26)12-19/h2-14,31H,1H3. The van der Waals surface area contributed by atoms with Crippen LogP contribution in [0.5, 0.6) is 5.75 Å². The molecule has 0 fully saturated rings. The molecule has 0 unspecified atom stereocenters. The van der Waals surface area contributed by atoms with E-state index < -0.39 is 0 Å². The van der Waals surface area contributed by atoms with E-state index in [1.54, 1.807) is 23.9 Å². The van der Waals surface area contributed by atoms with Crippen molar-refractivity contribution < 1.29 is 5.11 Å². The highest BCUT2D eigenvalue weighted by Gasteiger charge is 2.17. The van der Waals surface area contributed by atoms with Gasteiger partial charge in [-0.3, -0.25) is 0 Å². The van der Waals surface area contributed by atoms with Gasteiger partial charge in [-0.2, -0.15) is 0 Å². The van der Waals surface area contributed by atoms with Crippen LogP contribution in [0.3, 0.4) is 0 Å². The summed E-state index contributed by atoms with van der Waals surface area (Å²) in [6.45, 7) is 0. The zero-order chi connectivity index (χ0) is 22.9. The molecule has 0 bridgehead atoms. The van der Waals surface area contributed by atoms with Crippen molar-refractivity contribution in [2.24, 2.45) is 7.05 Å². The summed E-state index contributed by atoms with van der Waals surface area (Å²) in [7, 11) is 1.99. The lowest BCUT2D eigenvalue weighted by atomic mass is 10.1. The quantitative estimate of drug-likeness (QED) is 0.192. The maximum atomic E-state index is 9.68. The average Bonchev–Trinajstić information content (AvgIpc) is 3.11. The van der Waals surface area contributed by atoms with Crippen molar-refractivity contribution in [3.05, 3.63) is 88.9 Å². The number of benzene rings is 3. The fraction of sp³-hybridized carbons (Fsp3) is 0.0400. The van der Waals surface area contributed by atoms with Gasteiger partial charge in [-0.25, -0.2) is 9.97 Å². The van der Waals surface area contributed by atoms with E-state index in [4.69, 9.17) is 33.2 Å². The SMILES string of the molecule is Cn1c(-c2ccc(O)cc2)cc2c(Sc3cccc(Cl)c3)nc(Sc3cccc(Cl)c3)nc21. The molecule has 2 heterocycles. The van der Waals surface area contributed by atoms with Gasteiger partial charge >= 0.3 is 0 Å². The molecule has 0 atom stereocenters. The zero-order valence-corrected chi connectivity index (χ0v) is 20.5. The first-order valence-electron chi connectivity index (χ1n) is 10.00. The Morgan fingerprint density at radius 1 is 0.788 bits per heavy atom. The van der Waals surface area contributed by atoms with Crippen LogP contribution in [0.1, 0.15) is 0 Å². The molecule has 0 aliphatic heterocycles. The lowest BCUT2D eigenvalue weighted by molar-refractivity contribution is 0.475. The Morgan fingerprint density at radius 2 is 1.42 bits per heavy atom. The van der Waals surface area contributed by atoms with Gasteiger partial charge in [0.2, 0.25) is 0 Å². The highest BCUT2D eigenvalue weighted by molar-refractivity contribution is 8.00. The fourth-order valence-corrected chi connectivity index (χ4v) is 5.79. The molecule has 0 saturated heterocycles. The minimum atomic E-state index is 0.231. The summed E-state index contributed by atoms with van der Waals surface area (Å²) < 4.78 is 2.05. The van der Waals surface area contributed by atoms with Gasteiger partial charge in [0.25, 0.3) is 0 Å². The van der Waals surface area contributed by atoms with Gasteiger partial charge < -0.3 is 9.67 Å². The van der Waals surface area contributed by atoms with E-state index in [1.807, 2.05) is 72.3 Å². The summed E-state index contributed by atoms with van der Waals surface area (Å²) in [5, 5.41) is 13.4. The Balaban J connectivity index is 1.65. The maximum absolute atomic E-state index is 9.68. The minimum absolute atomic E-state index is 0.231. The number of aryl methyl sites for hydroxylation is 1. The molecule has 164 valence electrons. The van der Waals surface area contributed by atoms with Gasteiger partial charge in [0.15, 0.2) is 5.16 Å². The van der Waals surface area contributed by atoms with Crippen LogP contribution in [0.4, 0.5) is 0 Å². The monoisotopic (exact) mass is 509 g/mol. The largest absolute Gasteiger partial charge is 0.508 e. The van der Waals surface area contributed by atoms with Crippen molar-refractivity contribution in [3.8, 4) is 17.0 Å². The molecule has 0 aliphatic rings. The van der Waals surface area contributed by atoms with Crippen LogP contribution >= 0.6 is 46.7 Å². The van der Waals surface area contributed by atoms with E-state index in [2.05, 4.69) is 6.07 Å². The molecule has 2 aromatic heterocycles. The second-order valence-electron chi connectivity index (χ2n) is 7.30. The average molecular weight is 510 g/mol. The van der Waals surface area contributed by atoms with Crippen molar-refractivity contribution >= 4 is 57.8 Å². The van der Waals surface area contributed by atoms with Gasteiger partial charge in [-0.15, -0.1) is 0 Å². The van der Waals surface area contributed by atoms with Crippen LogP contribution in [-0.4, -0.2) is 19.6 Å². The first-order valence-corrected chi connectivity index (χ1v) is 12.4. The van der Waals surface area contributed by atoms with Gasteiger partial charge in [0.05, 0.1) is 11.1 Å². The third-order valence-corrected chi connectivity index (χ3v) is 7.33. The van der Waals surface area contributed by atoms with Gasteiger partial charge in [-0.1, -0.05) is 47.1 Å². The first kappa shape index (κ1) is 22.2. The van der Waals surface area contributed by atoms with Gasteiger partial charge in [0, 0.05) is 26.9 Å². The molecular weight excluding hydrogens is 493 g/mol. The summed E-state index contributed by atoms with van der Waals surface area (Å²) in [6, 6.07) is 24.6. The first-order chi connectivity index (χ1) is 16.0. The van der Waals surface area contributed by atoms with Crippen LogP contribution < -0.4 is 0 Å².